The molecule has 4 aliphatic heterocycles. The summed E-state index contributed by atoms with van der Waals surface area (Å²) in [5, 5.41) is 37.8. The number of methoxy groups -OCH3 is 2. The molecule has 4 N–H and O–H groups in total. The number of amides is 1. The molecular weight excluding hydrogens is 759 g/mol. The average molecular weight is 832 g/mol. The molecule has 0 aromatic rings. The molecule has 4 saturated heterocycles. The first-order valence-electron chi connectivity index (χ1n) is 20.7. The highest BCUT2D eigenvalue weighted by atomic mass is 32.2. The van der Waals surface area contributed by atoms with E-state index in [4.69, 9.17) is 38.2 Å². The van der Waals surface area contributed by atoms with Crippen molar-refractivity contribution in [2.45, 2.75) is 204 Å². The lowest BCUT2D eigenvalue weighted by Gasteiger charge is -2.49. The number of ether oxygens (including phenoxy) is 7. The highest BCUT2D eigenvalue weighted by Crippen LogP contribution is 2.45. The molecule has 0 aliphatic carbocycles. The molecule has 1 amide bonds. The molecular formula is C41H73N3O12S. The van der Waals surface area contributed by atoms with Gasteiger partial charge in [0.25, 0.3) is 0 Å². The van der Waals surface area contributed by atoms with Crippen molar-refractivity contribution in [1.29, 1.82) is 0 Å². The molecule has 0 radical (unpaired) electrons. The standard InChI is InChI=1S/C41H73N3O12S/c1-16-28-41(12,49)32(45)25(8)43-35(47)21(4)18-40(11,51-15)34(56-37-31-27(17-22(5)52-37)44(13)38(57-31)42-20(2)3)23(6)30(24(7)36(48)54-28)55-29-19-39(10,50-14)33(46)26(9)53-29/h20-34,37,45-46,49H,16-19H2,1-15H3,(H,43,47)/t21-,22-,23+,24-,25-,26+,27+,28?,29+,30+,31+,32-,33+,34-,37+,39-,40-,41-/m1/s1. The van der Waals surface area contributed by atoms with Crippen molar-refractivity contribution >= 4 is 28.8 Å². The lowest BCUT2D eigenvalue weighted by molar-refractivity contribution is -0.308. The fourth-order valence-corrected chi connectivity index (χ4v) is 10.6. The third kappa shape index (κ3) is 10.3. The van der Waals surface area contributed by atoms with Crippen LogP contribution in [0, 0.1) is 17.8 Å². The number of amidine groups is 1. The van der Waals surface area contributed by atoms with Crippen LogP contribution < -0.4 is 5.32 Å². The smallest absolute Gasteiger partial charge is 0.311 e. The van der Waals surface area contributed by atoms with E-state index in [0.29, 0.717) is 0 Å². The van der Waals surface area contributed by atoms with Crippen LogP contribution in [0.4, 0.5) is 0 Å². The number of nitrogens with one attached hydrogen (secondary N) is 1. The summed E-state index contributed by atoms with van der Waals surface area (Å²) in [7, 11) is 5.14. The number of rotatable bonds is 8. The molecule has 1 unspecified atom stereocenters. The van der Waals surface area contributed by atoms with Crippen molar-refractivity contribution in [2.24, 2.45) is 22.7 Å². The number of hydrogen-bond donors (Lipinski definition) is 4. The summed E-state index contributed by atoms with van der Waals surface area (Å²) < 4.78 is 45.2. The molecule has 4 fully saturated rings. The van der Waals surface area contributed by atoms with E-state index in [1.165, 1.54) is 14.0 Å². The van der Waals surface area contributed by atoms with Gasteiger partial charge in [-0.15, -0.1) is 0 Å². The minimum Gasteiger partial charge on any atom is -0.459 e. The van der Waals surface area contributed by atoms with Gasteiger partial charge in [0.2, 0.25) is 5.91 Å². The second-order valence-corrected chi connectivity index (χ2v) is 19.1. The Hall–Kier alpha value is -1.60. The summed E-state index contributed by atoms with van der Waals surface area (Å²) in [5.74, 6) is -3.33. The SMILES string of the molecule is CCC1OC(=O)[C@H](C)[C@@H](O[C@H]2C[C@@](C)(OC)[C@@H](O)[C@H](C)O2)[C@H](C)[C@@H](O[C@@H]2O[C@H](C)C[C@H]3[C@@H]2SC(=NC(C)C)N3C)[C@](C)(OC)C[C@@H](C)C(=O)N[C@H](C)[C@@H](O)[C@]1(C)O. The fraction of sp³-hybridized carbons (Fsp3) is 0.927. The van der Waals surface area contributed by atoms with E-state index in [2.05, 4.69) is 10.2 Å². The van der Waals surface area contributed by atoms with Crippen molar-refractivity contribution in [3.8, 4) is 0 Å². The zero-order chi connectivity index (χ0) is 42.9. The number of nitrogens with zero attached hydrogens (tertiary/aromatic N) is 2. The Labute approximate surface area is 344 Å². The summed E-state index contributed by atoms with van der Waals surface area (Å²) in [4.78, 5) is 35.4. The lowest BCUT2D eigenvalue weighted by Crippen LogP contribution is -2.60. The number of carbonyl (C=O) groups is 2. The number of cyclic esters (lactones) is 1. The lowest BCUT2D eigenvalue weighted by atomic mass is 9.77. The number of fused-ring (bicyclic) bond motifs is 1. The van der Waals surface area contributed by atoms with Crippen LogP contribution in [-0.2, 0) is 42.7 Å². The predicted octanol–water partition coefficient (Wildman–Crippen LogP) is 3.63. The maximum absolute atomic E-state index is 14.4. The van der Waals surface area contributed by atoms with Crippen LogP contribution in [-0.4, -0.2) is 154 Å². The first-order chi connectivity index (χ1) is 26.4. The zero-order valence-corrected chi connectivity index (χ0v) is 37.7. The molecule has 57 heavy (non-hydrogen) atoms. The molecule has 15 nitrogen and oxygen atoms in total. The van der Waals surface area contributed by atoms with Gasteiger partial charge in [0.15, 0.2) is 17.7 Å². The average Bonchev–Trinajstić information content (AvgIpc) is 3.45. The Kier molecular flexibility index (Phi) is 16.0. The van der Waals surface area contributed by atoms with E-state index in [1.807, 2.05) is 41.7 Å². The summed E-state index contributed by atoms with van der Waals surface area (Å²) >= 11 is 1.62. The molecule has 16 heteroatoms. The van der Waals surface area contributed by atoms with Gasteiger partial charge in [0, 0.05) is 45.6 Å². The molecule has 330 valence electrons. The van der Waals surface area contributed by atoms with Crippen molar-refractivity contribution in [3.63, 3.8) is 0 Å². The quantitative estimate of drug-likeness (QED) is 0.260. The van der Waals surface area contributed by atoms with Gasteiger partial charge in [-0.1, -0.05) is 32.5 Å². The number of aliphatic hydroxyl groups is 3. The molecule has 18 atom stereocenters. The minimum absolute atomic E-state index is 0.0697. The number of aliphatic imine (C=N–C) groups is 1. The van der Waals surface area contributed by atoms with Gasteiger partial charge in [0.05, 0.1) is 58.9 Å². The Bertz CT molecular complexity index is 1410. The van der Waals surface area contributed by atoms with Crippen LogP contribution >= 0.6 is 11.8 Å². The summed E-state index contributed by atoms with van der Waals surface area (Å²) in [5.41, 5.74) is -4.12. The first-order valence-corrected chi connectivity index (χ1v) is 21.6. The second-order valence-electron chi connectivity index (χ2n) is 18.0. The molecule has 4 rings (SSSR count). The highest BCUT2D eigenvalue weighted by molar-refractivity contribution is 8.14. The molecule has 0 spiro atoms. The number of aliphatic hydroxyl groups excluding tert-OH is 2. The predicted molar refractivity (Wildman–Crippen MR) is 217 cm³/mol. The molecule has 0 aromatic carbocycles. The third-order valence-corrected chi connectivity index (χ3v) is 14.3. The maximum atomic E-state index is 14.4. The fourth-order valence-electron chi connectivity index (χ4n) is 9.09. The van der Waals surface area contributed by atoms with Crippen LogP contribution in [0.2, 0.25) is 0 Å². The van der Waals surface area contributed by atoms with E-state index in [-0.39, 0.29) is 48.6 Å². The second kappa shape index (κ2) is 19.0. The van der Waals surface area contributed by atoms with Crippen LogP contribution in [0.15, 0.2) is 4.99 Å². The van der Waals surface area contributed by atoms with E-state index in [0.717, 1.165) is 11.6 Å². The van der Waals surface area contributed by atoms with Gasteiger partial charge in [-0.25, -0.2) is 0 Å². The van der Waals surface area contributed by atoms with Crippen molar-refractivity contribution in [3.05, 3.63) is 0 Å². The van der Waals surface area contributed by atoms with Gasteiger partial charge >= 0.3 is 5.97 Å². The normalized spacial score (nSPS) is 47.6. The van der Waals surface area contributed by atoms with E-state index < -0.39 is 95.8 Å². The van der Waals surface area contributed by atoms with Crippen molar-refractivity contribution < 1.29 is 58.1 Å². The van der Waals surface area contributed by atoms with Gasteiger partial charge < -0.3 is 58.7 Å². The number of esters is 1. The summed E-state index contributed by atoms with van der Waals surface area (Å²) in [6, 6.07) is -0.741. The molecule has 4 heterocycles. The van der Waals surface area contributed by atoms with Crippen molar-refractivity contribution in [1.82, 2.24) is 10.2 Å². The number of hydrogen-bond acceptors (Lipinski definition) is 14. The summed E-state index contributed by atoms with van der Waals surface area (Å²) in [6.45, 7) is 21.7. The van der Waals surface area contributed by atoms with Crippen LogP contribution in [0.5, 0.6) is 0 Å². The highest BCUT2D eigenvalue weighted by Gasteiger charge is 2.55. The molecule has 0 bridgehead atoms. The largest absolute Gasteiger partial charge is 0.459 e. The minimum atomic E-state index is -1.93. The Balaban J connectivity index is 1.87. The van der Waals surface area contributed by atoms with Crippen LogP contribution in [0.1, 0.15) is 109 Å². The summed E-state index contributed by atoms with van der Waals surface area (Å²) in [6.07, 6.45) is -6.62. The molecule has 4 aliphatic rings. The maximum Gasteiger partial charge on any atom is 0.311 e. The monoisotopic (exact) mass is 831 g/mol. The van der Waals surface area contributed by atoms with Crippen molar-refractivity contribution in [2.75, 3.05) is 21.3 Å². The van der Waals surface area contributed by atoms with Gasteiger partial charge in [-0.3, -0.25) is 14.6 Å². The van der Waals surface area contributed by atoms with Gasteiger partial charge in [-0.2, -0.15) is 0 Å². The van der Waals surface area contributed by atoms with Gasteiger partial charge in [-0.05, 0) is 81.6 Å². The Morgan fingerprint density at radius 2 is 1.60 bits per heavy atom. The van der Waals surface area contributed by atoms with Gasteiger partial charge in [0.1, 0.15) is 23.9 Å². The Morgan fingerprint density at radius 3 is 2.18 bits per heavy atom. The van der Waals surface area contributed by atoms with E-state index in [1.54, 1.807) is 60.4 Å². The van der Waals surface area contributed by atoms with E-state index in [9.17, 15) is 24.9 Å². The molecule has 0 aromatic heterocycles. The Morgan fingerprint density at radius 1 is 0.965 bits per heavy atom. The third-order valence-electron chi connectivity index (χ3n) is 12.9. The molecule has 0 saturated carbocycles. The van der Waals surface area contributed by atoms with Crippen LogP contribution in [0.25, 0.3) is 0 Å². The first kappa shape index (κ1) is 48.1. The number of carbonyl (C=O) groups excluding carboxylic acids is 2. The number of thioether (sulfide) groups is 1. The van der Waals surface area contributed by atoms with Crippen LogP contribution in [0.3, 0.4) is 0 Å². The topological polar surface area (TPSA) is 187 Å². The van der Waals surface area contributed by atoms with E-state index >= 15 is 0 Å². The zero-order valence-electron chi connectivity index (χ0n) is 36.9.